The summed E-state index contributed by atoms with van der Waals surface area (Å²) in [7, 11) is 0. The third-order valence-electron chi connectivity index (χ3n) is 2.89. The number of benzene rings is 1. The average Bonchev–Trinajstić information content (AvgIpc) is 2.84. The summed E-state index contributed by atoms with van der Waals surface area (Å²) in [6.45, 7) is 2.85. The molecule has 0 fully saturated rings. The van der Waals surface area contributed by atoms with E-state index in [0.29, 0.717) is 11.6 Å². The molecule has 1 heterocycles. The third-order valence-corrected chi connectivity index (χ3v) is 3.75. The van der Waals surface area contributed by atoms with Gasteiger partial charge in [-0.15, -0.1) is 0 Å². The standard InChI is InChI=1S/C14H19N3O2S/c1-2-8-16-11(13(15)18)7-9-20-14-17-10-5-3-4-6-12(10)19-14/h3-6,11,16H,2,7-9H2,1H3,(H2,15,18). The van der Waals surface area contributed by atoms with E-state index in [4.69, 9.17) is 10.2 Å². The van der Waals surface area contributed by atoms with Gasteiger partial charge in [-0.25, -0.2) is 4.98 Å². The monoisotopic (exact) mass is 293 g/mol. The molecule has 108 valence electrons. The lowest BCUT2D eigenvalue weighted by Crippen LogP contribution is -2.41. The minimum absolute atomic E-state index is 0.285. The first-order valence-electron chi connectivity index (χ1n) is 6.71. The van der Waals surface area contributed by atoms with Gasteiger partial charge < -0.3 is 15.5 Å². The van der Waals surface area contributed by atoms with Gasteiger partial charge in [-0.3, -0.25) is 4.79 Å². The highest BCUT2D eigenvalue weighted by atomic mass is 32.2. The maximum atomic E-state index is 11.3. The van der Waals surface area contributed by atoms with Crippen molar-refractivity contribution in [2.75, 3.05) is 12.3 Å². The van der Waals surface area contributed by atoms with Crippen molar-refractivity contribution in [2.45, 2.75) is 31.0 Å². The van der Waals surface area contributed by atoms with Crippen molar-refractivity contribution in [1.29, 1.82) is 0 Å². The first-order chi connectivity index (χ1) is 9.70. The zero-order chi connectivity index (χ0) is 14.4. The SMILES string of the molecule is CCCNC(CCSc1nc2ccccc2o1)C(N)=O. The molecular weight excluding hydrogens is 274 g/mol. The number of thioether (sulfide) groups is 1. The van der Waals surface area contributed by atoms with Crippen LogP contribution in [0.4, 0.5) is 0 Å². The Hall–Kier alpha value is -1.53. The van der Waals surface area contributed by atoms with Gasteiger partial charge in [0.2, 0.25) is 5.91 Å². The van der Waals surface area contributed by atoms with Crippen LogP contribution < -0.4 is 11.1 Å². The van der Waals surface area contributed by atoms with Gasteiger partial charge in [0.05, 0.1) is 6.04 Å². The Kier molecular flexibility index (Phi) is 5.43. The molecule has 2 rings (SSSR count). The number of hydrogen-bond acceptors (Lipinski definition) is 5. The van der Waals surface area contributed by atoms with Crippen molar-refractivity contribution in [3.63, 3.8) is 0 Å². The van der Waals surface area contributed by atoms with E-state index in [0.717, 1.165) is 29.8 Å². The summed E-state index contributed by atoms with van der Waals surface area (Å²) in [5.74, 6) is 0.425. The number of carbonyl (C=O) groups excluding carboxylic acids is 1. The summed E-state index contributed by atoms with van der Waals surface area (Å²) in [5.41, 5.74) is 7.00. The number of aromatic nitrogens is 1. The summed E-state index contributed by atoms with van der Waals surface area (Å²) in [4.78, 5) is 15.7. The summed E-state index contributed by atoms with van der Waals surface area (Å²) in [5, 5.41) is 3.77. The Labute approximate surface area is 122 Å². The molecular formula is C14H19N3O2S. The normalized spacial score (nSPS) is 12.7. The fourth-order valence-corrected chi connectivity index (χ4v) is 2.68. The van der Waals surface area contributed by atoms with E-state index in [1.807, 2.05) is 24.3 Å². The van der Waals surface area contributed by atoms with Crippen molar-refractivity contribution in [3.8, 4) is 0 Å². The number of hydrogen-bond donors (Lipinski definition) is 2. The Morgan fingerprint density at radius 1 is 1.50 bits per heavy atom. The number of primary amides is 1. The molecule has 0 saturated carbocycles. The maximum Gasteiger partial charge on any atom is 0.256 e. The minimum atomic E-state index is -0.309. The highest BCUT2D eigenvalue weighted by molar-refractivity contribution is 7.99. The van der Waals surface area contributed by atoms with Gasteiger partial charge in [0, 0.05) is 5.75 Å². The number of para-hydroxylation sites is 2. The second kappa shape index (κ2) is 7.31. The molecule has 1 aromatic heterocycles. The average molecular weight is 293 g/mol. The number of nitrogens with one attached hydrogen (secondary N) is 1. The quantitative estimate of drug-likeness (QED) is 0.729. The van der Waals surface area contributed by atoms with E-state index in [9.17, 15) is 4.79 Å². The van der Waals surface area contributed by atoms with Crippen LogP contribution in [0.3, 0.4) is 0 Å². The lowest BCUT2D eigenvalue weighted by atomic mass is 10.2. The van der Waals surface area contributed by atoms with Crippen LogP contribution in [0.5, 0.6) is 0 Å². The zero-order valence-electron chi connectivity index (χ0n) is 11.5. The van der Waals surface area contributed by atoms with Gasteiger partial charge in [0.25, 0.3) is 5.22 Å². The van der Waals surface area contributed by atoms with Gasteiger partial charge in [-0.05, 0) is 31.5 Å². The van der Waals surface area contributed by atoms with Gasteiger partial charge in [-0.2, -0.15) is 0 Å². The van der Waals surface area contributed by atoms with Crippen molar-refractivity contribution in [1.82, 2.24) is 10.3 Å². The van der Waals surface area contributed by atoms with E-state index >= 15 is 0 Å². The second-order valence-electron chi connectivity index (χ2n) is 4.49. The molecule has 0 spiro atoms. The smallest absolute Gasteiger partial charge is 0.256 e. The van der Waals surface area contributed by atoms with Crippen molar-refractivity contribution >= 4 is 28.8 Å². The van der Waals surface area contributed by atoms with Crippen LogP contribution in [0.1, 0.15) is 19.8 Å². The molecule has 0 radical (unpaired) electrons. The van der Waals surface area contributed by atoms with Crippen LogP contribution in [-0.4, -0.2) is 29.2 Å². The number of nitrogens with zero attached hydrogens (tertiary/aromatic N) is 1. The maximum absolute atomic E-state index is 11.3. The number of amides is 1. The highest BCUT2D eigenvalue weighted by Crippen LogP contribution is 2.23. The number of carbonyl (C=O) groups is 1. The molecule has 0 bridgehead atoms. The number of oxazole rings is 1. The van der Waals surface area contributed by atoms with E-state index in [-0.39, 0.29) is 11.9 Å². The van der Waals surface area contributed by atoms with Crippen molar-refractivity contribution < 1.29 is 9.21 Å². The lowest BCUT2D eigenvalue weighted by molar-refractivity contribution is -0.120. The third kappa shape index (κ3) is 3.98. The topological polar surface area (TPSA) is 81.2 Å². The highest BCUT2D eigenvalue weighted by Gasteiger charge is 2.14. The number of fused-ring (bicyclic) bond motifs is 1. The van der Waals surface area contributed by atoms with E-state index in [2.05, 4.69) is 17.2 Å². The minimum Gasteiger partial charge on any atom is -0.431 e. The lowest BCUT2D eigenvalue weighted by Gasteiger charge is -2.13. The number of rotatable bonds is 8. The molecule has 0 saturated heterocycles. The molecule has 0 aliphatic heterocycles. The molecule has 3 N–H and O–H groups in total. The van der Waals surface area contributed by atoms with Crippen LogP contribution in [0.15, 0.2) is 33.9 Å². The van der Waals surface area contributed by atoms with Gasteiger partial charge in [0.15, 0.2) is 5.58 Å². The van der Waals surface area contributed by atoms with E-state index in [1.165, 1.54) is 11.8 Å². The van der Waals surface area contributed by atoms with Crippen LogP contribution in [0.25, 0.3) is 11.1 Å². The molecule has 6 heteroatoms. The van der Waals surface area contributed by atoms with Crippen LogP contribution in [0, 0.1) is 0 Å². The van der Waals surface area contributed by atoms with E-state index in [1.54, 1.807) is 0 Å². The number of nitrogens with two attached hydrogens (primary N) is 1. The second-order valence-corrected chi connectivity index (χ2v) is 5.54. The Morgan fingerprint density at radius 2 is 2.30 bits per heavy atom. The van der Waals surface area contributed by atoms with Crippen LogP contribution in [0.2, 0.25) is 0 Å². The molecule has 1 unspecified atom stereocenters. The fraction of sp³-hybridized carbons (Fsp3) is 0.429. The Bertz CT molecular complexity index is 537. The van der Waals surface area contributed by atoms with Crippen molar-refractivity contribution in [3.05, 3.63) is 24.3 Å². The first kappa shape index (κ1) is 14.9. The summed E-state index contributed by atoms with van der Waals surface area (Å²) in [6.07, 6.45) is 1.64. The van der Waals surface area contributed by atoms with Crippen LogP contribution >= 0.6 is 11.8 Å². The summed E-state index contributed by atoms with van der Waals surface area (Å²) < 4.78 is 5.61. The largest absolute Gasteiger partial charge is 0.431 e. The van der Waals surface area contributed by atoms with Crippen molar-refractivity contribution in [2.24, 2.45) is 5.73 Å². The van der Waals surface area contributed by atoms with E-state index < -0.39 is 0 Å². The first-order valence-corrected chi connectivity index (χ1v) is 7.70. The van der Waals surface area contributed by atoms with Crippen LogP contribution in [-0.2, 0) is 4.79 Å². The predicted octanol–water partition coefficient (Wildman–Crippen LogP) is 2.16. The molecule has 5 nitrogen and oxygen atoms in total. The summed E-state index contributed by atoms with van der Waals surface area (Å²) >= 11 is 1.50. The fourth-order valence-electron chi connectivity index (χ4n) is 1.84. The molecule has 1 amide bonds. The summed E-state index contributed by atoms with van der Waals surface area (Å²) in [6, 6.07) is 7.36. The Balaban J connectivity index is 1.86. The molecule has 1 aromatic carbocycles. The molecule has 1 atom stereocenters. The molecule has 20 heavy (non-hydrogen) atoms. The van der Waals surface area contributed by atoms with Gasteiger partial charge in [0.1, 0.15) is 5.52 Å². The Morgan fingerprint density at radius 3 is 3.00 bits per heavy atom. The van der Waals surface area contributed by atoms with Gasteiger partial charge in [-0.1, -0.05) is 30.8 Å². The van der Waals surface area contributed by atoms with Gasteiger partial charge >= 0.3 is 0 Å². The zero-order valence-corrected chi connectivity index (χ0v) is 12.3. The molecule has 2 aromatic rings. The molecule has 0 aliphatic carbocycles. The molecule has 0 aliphatic rings. The predicted molar refractivity (Wildman–Crippen MR) is 80.6 cm³/mol.